The van der Waals surface area contributed by atoms with Crippen LogP contribution in [0.15, 0.2) is 36.7 Å². The summed E-state index contributed by atoms with van der Waals surface area (Å²) >= 11 is 0. The van der Waals surface area contributed by atoms with Crippen LogP contribution < -0.4 is 10.1 Å². The molecule has 1 aliphatic rings. The molecule has 1 heterocycles. The van der Waals surface area contributed by atoms with Crippen LogP contribution in [0.2, 0.25) is 0 Å². The lowest BCUT2D eigenvalue weighted by molar-refractivity contribution is 0.413. The molecular formula is C17H20N2O. The lowest BCUT2D eigenvalue weighted by atomic mass is 9.99. The fourth-order valence-corrected chi connectivity index (χ4v) is 2.39. The van der Waals surface area contributed by atoms with Crippen LogP contribution in [-0.4, -0.2) is 18.1 Å². The minimum atomic E-state index is 0.748. The molecule has 0 radical (unpaired) electrons. The van der Waals surface area contributed by atoms with Crippen LogP contribution in [0.3, 0.4) is 0 Å². The number of aryl methyl sites for hydroxylation is 1. The molecule has 0 bridgehead atoms. The molecule has 1 fully saturated rings. The van der Waals surface area contributed by atoms with Gasteiger partial charge in [0, 0.05) is 24.3 Å². The van der Waals surface area contributed by atoms with E-state index in [0.29, 0.717) is 0 Å². The Labute approximate surface area is 120 Å². The molecule has 0 spiro atoms. The van der Waals surface area contributed by atoms with E-state index in [1.165, 1.54) is 29.5 Å². The Balaban J connectivity index is 1.81. The van der Waals surface area contributed by atoms with E-state index in [9.17, 15) is 0 Å². The molecular weight excluding hydrogens is 248 g/mol. The van der Waals surface area contributed by atoms with E-state index in [1.54, 1.807) is 13.3 Å². The van der Waals surface area contributed by atoms with Gasteiger partial charge in [-0.15, -0.1) is 0 Å². The topological polar surface area (TPSA) is 34.1 Å². The summed E-state index contributed by atoms with van der Waals surface area (Å²) < 4.78 is 5.24. The largest absolute Gasteiger partial charge is 0.495 e. The van der Waals surface area contributed by atoms with E-state index in [2.05, 4.69) is 35.4 Å². The lowest BCUT2D eigenvalue weighted by Gasteiger charge is -2.10. The minimum Gasteiger partial charge on any atom is -0.495 e. The molecule has 0 amide bonds. The van der Waals surface area contributed by atoms with Gasteiger partial charge in [-0.25, -0.2) is 0 Å². The average molecular weight is 268 g/mol. The predicted molar refractivity (Wildman–Crippen MR) is 80.8 cm³/mol. The van der Waals surface area contributed by atoms with Crippen LogP contribution in [0.4, 0.5) is 0 Å². The molecule has 1 aliphatic carbocycles. The van der Waals surface area contributed by atoms with Crippen molar-refractivity contribution in [3.05, 3.63) is 47.8 Å². The number of rotatable bonds is 5. The molecule has 1 N–H and O–H groups in total. The van der Waals surface area contributed by atoms with Gasteiger partial charge in [-0.1, -0.05) is 18.2 Å². The monoisotopic (exact) mass is 268 g/mol. The molecule has 20 heavy (non-hydrogen) atoms. The molecule has 104 valence electrons. The molecule has 3 rings (SSSR count). The van der Waals surface area contributed by atoms with Crippen LogP contribution in [0.5, 0.6) is 5.75 Å². The molecule has 1 saturated carbocycles. The van der Waals surface area contributed by atoms with Crippen molar-refractivity contribution < 1.29 is 4.74 Å². The second kappa shape index (κ2) is 5.63. The Morgan fingerprint density at radius 1 is 1.25 bits per heavy atom. The van der Waals surface area contributed by atoms with Gasteiger partial charge >= 0.3 is 0 Å². The van der Waals surface area contributed by atoms with Gasteiger partial charge in [0.15, 0.2) is 0 Å². The lowest BCUT2D eigenvalue weighted by Crippen LogP contribution is -2.15. The highest BCUT2D eigenvalue weighted by atomic mass is 16.5. The number of nitrogens with one attached hydrogen (secondary N) is 1. The van der Waals surface area contributed by atoms with Crippen LogP contribution in [0, 0.1) is 6.92 Å². The van der Waals surface area contributed by atoms with Crippen LogP contribution in [0.25, 0.3) is 11.1 Å². The summed E-state index contributed by atoms with van der Waals surface area (Å²) in [5.41, 5.74) is 4.93. The maximum Gasteiger partial charge on any atom is 0.137 e. The fourth-order valence-electron chi connectivity index (χ4n) is 2.39. The zero-order valence-electron chi connectivity index (χ0n) is 12.0. The molecule has 1 aromatic carbocycles. The van der Waals surface area contributed by atoms with Crippen molar-refractivity contribution in [2.45, 2.75) is 32.4 Å². The first-order valence-electron chi connectivity index (χ1n) is 7.08. The first-order valence-corrected chi connectivity index (χ1v) is 7.08. The Bertz CT molecular complexity index is 606. The molecule has 0 saturated heterocycles. The van der Waals surface area contributed by atoms with Gasteiger partial charge in [0.05, 0.1) is 13.3 Å². The molecule has 3 nitrogen and oxygen atoms in total. The molecule has 0 aliphatic heterocycles. The molecule has 0 unspecified atom stereocenters. The number of methoxy groups -OCH3 is 1. The van der Waals surface area contributed by atoms with Gasteiger partial charge in [-0.05, 0) is 42.5 Å². The Morgan fingerprint density at radius 3 is 2.80 bits per heavy atom. The second-order valence-electron chi connectivity index (χ2n) is 5.42. The normalized spacial score (nSPS) is 14.3. The smallest absolute Gasteiger partial charge is 0.137 e. The van der Waals surface area contributed by atoms with E-state index in [0.717, 1.165) is 23.9 Å². The summed E-state index contributed by atoms with van der Waals surface area (Å²) in [6, 6.07) is 9.40. The standard InChI is InChI=1S/C17H20N2O/c1-12-7-13(9-19-15-4-5-15)3-6-17(12)14-8-16(20-2)11-18-10-14/h3,6-8,10-11,15,19H,4-5,9H2,1-2H3. The van der Waals surface area contributed by atoms with Gasteiger partial charge < -0.3 is 10.1 Å². The summed E-state index contributed by atoms with van der Waals surface area (Å²) in [5, 5.41) is 3.55. The van der Waals surface area contributed by atoms with Crippen molar-refractivity contribution in [3.63, 3.8) is 0 Å². The summed E-state index contributed by atoms with van der Waals surface area (Å²) in [5.74, 6) is 0.793. The van der Waals surface area contributed by atoms with Crippen molar-refractivity contribution in [1.82, 2.24) is 10.3 Å². The van der Waals surface area contributed by atoms with E-state index >= 15 is 0 Å². The second-order valence-corrected chi connectivity index (χ2v) is 5.42. The van der Waals surface area contributed by atoms with Gasteiger partial charge in [0.25, 0.3) is 0 Å². The number of benzene rings is 1. The number of hydrogen-bond donors (Lipinski definition) is 1. The van der Waals surface area contributed by atoms with Crippen molar-refractivity contribution in [2.24, 2.45) is 0 Å². The minimum absolute atomic E-state index is 0.748. The Kier molecular flexibility index (Phi) is 3.70. The zero-order chi connectivity index (χ0) is 13.9. The highest BCUT2D eigenvalue weighted by molar-refractivity contribution is 5.67. The van der Waals surface area contributed by atoms with Gasteiger partial charge in [-0.2, -0.15) is 0 Å². The molecule has 3 heteroatoms. The van der Waals surface area contributed by atoms with E-state index in [-0.39, 0.29) is 0 Å². The van der Waals surface area contributed by atoms with Gasteiger partial charge in [0.2, 0.25) is 0 Å². The van der Waals surface area contributed by atoms with Crippen LogP contribution >= 0.6 is 0 Å². The Morgan fingerprint density at radius 2 is 2.10 bits per heavy atom. The van der Waals surface area contributed by atoms with E-state index < -0.39 is 0 Å². The SMILES string of the molecule is COc1cncc(-c2ccc(CNC3CC3)cc2C)c1. The quantitative estimate of drug-likeness (QED) is 0.903. The highest BCUT2D eigenvalue weighted by Gasteiger charge is 2.19. The highest BCUT2D eigenvalue weighted by Crippen LogP contribution is 2.27. The molecule has 1 aromatic heterocycles. The summed E-state index contributed by atoms with van der Waals surface area (Å²) in [7, 11) is 1.67. The van der Waals surface area contributed by atoms with Crippen molar-refractivity contribution in [3.8, 4) is 16.9 Å². The van der Waals surface area contributed by atoms with E-state index in [1.807, 2.05) is 12.3 Å². The summed E-state index contributed by atoms with van der Waals surface area (Å²) in [4.78, 5) is 4.23. The van der Waals surface area contributed by atoms with Crippen molar-refractivity contribution in [2.75, 3.05) is 7.11 Å². The number of hydrogen-bond acceptors (Lipinski definition) is 3. The number of aromatic nitrogens is 1. The van der Waals surface area contributed by atoms with Gasteiger partial charge in [-0.3, -0.25) is 4.98 Å². The van der Waals surface area contributed by atoms with E-state index in [4.69, 9.17) is 4.74 Å². The predicted octanol–water partition coefficient (Wildman–Crippen LogP) is 3.32. The third-order valence-corrected chi connectivity index (χ3v) is 3.72. The molecule has 2 aromatic rings. The summed E-state index contributed by atoms with van der Waals surface area (Å²) in [6.45, 7) is 3.11. The maximum absolute atomic E-state index is 5.24. The van der Waals surface area contributed by atoms with Gasteiger partial charge in [0.1, 0.15) is 5.75 Å². The van der Waals surface area contributed by atoms with Crippen molar-refractivity contribution >= 4 is 0 Å². The fraction of sp³-hybridized carbons (Fsp3) is 0.353. The Hall–Kier alpha value is -1.87. The number of ether oxygens (including phenoxy) is 1. The number of pyridine rings is 1. The molecule has 0 atom stereocenters. The maximum atomic E-state index is 5.24. The third kappa shape index (κ3) is 2.99. The first kappa shape index (κ1) is 13.1. The summed E-state index contributed by atoms with van der Waals surface area (Å²) in [6.07, 6.45) is 6.26. The number of nitrogens with zero attached hydrogens (tertiary/aromatic N) is 1. The van der Waals surface area contributed by atoms with Crippen LogP contribution in [-0.2, 0) is 6.54 Å². The van der Waals surface area contributed by atoms with Crippen molar-refractivity contribution in [1.29, 1.82) is 0 Å². The zero-order valence-corrected chi connectivity index (χ0v) is 12.0. The first-order chi connectivity index (χ1) is 9.76. The van der Waals surface area contributed by atoms with Crippen LogP contribution in [0.1, 0.15) is 24.0 Å². The average Bonchev–Trinajstić information content (AvgIpc) is 3.29. The third-order valence-electron chi connectivity index (χ3n) is 3.72.